The molecular formula is C12H9O4. The van der Waals surface area contributed by atoms with Gasteiger partial charge in [-0.15, -0.1) is 0 Å². The Balaban J connectivity index is 2.63. The zero-order chi connectivity index (χ0) is 11.7. The molecule has 2 aromatic carbocycles. The van der Waals surface area contributed by atoms with Crippen molar-refractivity contribution in [3.8, 4) is 34.1 Å². The monoisotopic (exact) mass is 217 g/mol. The summed E-state index contributed by atoms with van der Waals surface area (Å²) in [4.78, 5) is 0. The van der Waals surface area contributed by atoms with E-state index in [9.17, 15) is 15.3 Å². The fourth-order valence-electron chi connectivity index (χ4n) is 1.42. The van der Waals surface area contributed by atoms with Gasteiger partial charge in [-0.05, 0) is 30.3 Å². The number of phenolic OH excluding ortho intramolecular Hbond substituents is 4. The second-order valence-electron chi connectivity index (χ2n) is 3.29. The molecule has 0 aliphatic carbocycles. The molecule has 0 fully saturated rings. The van der Waals surface area contributed by atoms with Crippen molar-refractivity contribution in [2.75, 3.05) is 0 Å². The van der Waals surface area contributed by atoms with Gasteiger partial charge in [0.25, 0.3) is 0 Å². The largest absolute Gasteiger partial charge is 0.508 e. The highest BCUT2D eigenvalue weighted by Crippen LogP contribution is 2.40. The summed E-state index contributed by atoms with van der Waals surface area (Å²) in [7, 11) is 0. The highest BCUT2D eigenvalue weighted by molar-refractivity contribution is 5.77. The number of hydrogen-bond acceptors (Lipinski definition) is 4. The third-order valence-electron chi connectivity index (χ3n) is 2.20. The van der Waals surface area contributed by atoms with Gasteiger partial charge in [0.1, 0.15) is 11.5 Å². The molecule has 0 spiro atoms. The first-order valence-electron chi connectivity index (χ1n) is 4.54. The van der Waals surface area contributed by atoms with E-state index < -0.39 is 0 Å². The first-order valence-corrected chi connectivity index (χ1v) is 4.54. The van der Waals surface area contributed by atoms with Crippen molar-refractivity contribution in [1.82, 2.24) is 0 Å². The summed E-state index contributed by atoms with van der Waals surface area (Å²) >= 11 is 0. The summed E-state index contributed by atoms with van der Waals surface area (Å²) in [5, 5.41) is 37.6. The Kier molecular flexibility index (Phi) is 2.32. The van der Waals surface area contributed by atoms with Gasteiger partial charge in [0.15, 0.2) is 11.5 Å². The lowest BCUT2D eigenvalue weighted by Crippen LogP contribution is -1.81. The highest BCUT2D eigenvalue weighted by Gasteiger charge is 2.12. The van der Waals surface area contributed by atoms with Gasteiger partial charge in [-0.3, -0.25) is 0 Å². The Morgan fingerprint density at radius 3 is 2.31 bits per heavy atom. The van der Waals surface area contributed by atoms with E-state index in [-0.39, 0.29) is 34.1 Å². The Morgan fingerprint density at radius 1 is 0.875 bits per heavy atom. The third-order valence-corrected chi connectivity index (χ3v) is 2.20. The quantitative estimate of drug-likeness (QED) is 0.550. The Morgan fingerprint density at radius 2 is 1.62 bits per heavy atom. The van der Waals surface area contributed by atoms with Crippen molar-refractivity contribution < 1.29 is 20.4 Å². The molecule has 4 nitrogen and oxygen atoms in total. The van der Waals surface area contributed by atoms with E-state index in [4.69, 9.17) is 5.11 Å². The summed E-state index contributed by atoms with van der Waals surface area (Å²) in [6, 6.07) is 9.36. The second-order valence-corrected chi connectivity index (χ2v) is 3.29. The van der Waals surface area contributed by atoms with Crippen molar-refractivity contribution in [2.24, 2.45) is 0 Å². The van der Waals surface area contributed by atoms with Crippen molar-refractivity contribution >= 4 is 0 Å². The van der Waals surface area contributed by atoms with Crippen LogP contribution in [-0.4, -0.2) is 20.4 Å². The average molecular weight is 217 g/mol. The van der Waals surface area contributed by atoms with Crippen LogP contribution in [0.5, 0.6) is 23.0 Å². The van der Waals surface area contributed by atoms with Crippen LogP contribution in [0.3, 0.4) is 0 Å². The summed E-state index contributed by atoms with van der Waals surface area (Å²) in [5.41, 5.74) is 0.462. The fraction of sp³-hybridized carbons (Fsp3) is 0. The van der Waals surface area contributed by atoms with Crippen LogP contribution < -0.4 is 0 Å². The molecule has 2 aromatic rings. The van der Waals surface area contributed by atoms with Crippen LogP contribution in [0.4, 0.5) is 0 Å². The molecule has 0 saturated carbocycles. The lowest BCUT2D eigenvalue weighted by molar-refractivity contribution is 0.404. The number of phenols is 4. The summed E-state index contributed by atoms with van der Waals surface area (Å²) in [6.45, 7) is 0. The first-order chi connectivity index (χ1) is 7.59. The van der Waals surface area contributed by atoms with Crippen LogP contribution in [-0.2, 0) is 0 Å². The average Bonchev–Trinajstić information content (AvgIpc) is 2.23. The maximum Gasteiger partial charge on any atom is 0.166 e. The molecular weight excluding hydrogens is 208 g/mol. The molecule has 0 aliphatic heterocycles. The summed E-state index contributed by atoms with van der Waals surface area (Å²) in [6.07, 6.45) is 0. The van der Waals surface area contributed by atoms with E-state index in [1.165, 1.54) is 24.3 Å². The van der Waals surface area contributed by atoms with Crippen molar-refractivity contribution in [3.05, 3.63) is 36.4 Å². The SMILES string of the molecule is Oc1ccc(-c2[c]ccc(O)c2O)c(O)c1. The molecule has 0 aromatic heterocycles. The van der Waals surface area contributed by atoms with Crippen LogP contribution in [0, 0.1) is 6.07 Å². The molecule has 0 saturated heterocycles. The van der Waals surface area contributed by atoms with E-state index in [1.54, 1.807) is 0 Å². The Labute approximate surface area is 91.7 Å². The van der Waals surface area contributed by atoms with Crippen LogP contribution in [0.15, 0.2) is 30.3 Å². The molecule has 0 aliphatic rings. The van der Waals surface area contributed by atoms with Crippen LogP contribution in [0.25, 0.3) is 11.1 Å². The second kappa shape index (κ2) is 3.66. The van der Waals surface area contributed by atoms with Gasteiger partial charge in [0.05, 0.1) is 0 Å². The van der Waals surface area contributed by atoms with Gasteiger partial charge in [-0.2, -0.15) is 0 Å². The number of rotatable bonds is 1. The lowest BCUT2D eigenvalue weighted by Gasteiger charge is -2.07. The Hall–Kier alpha value is -2.36. The summed E-state index contributed by atoms with van der Waals surface area (Å²) in [5.74, 6) is -0.928. The van der Waals surface area contributed by atoms with E-state index in [2.05, 4.69) is 6.07 Å². The van der Waals surface area contributed by atoms with Gasteiger partial charge in [-0.1, -0.05) is 0 Å². The van der Waals surface area contributed by atoms with E-state index in [0.29, 0.717) is 0 Å². The van der Waals surface area contributed by atoms with E-state index in [0.717, 1.165) is 6.07 Å². The van der Waals surface area contributed by atoms with Gasteiger partial charge in [-0.25, -0.2) is 0 Å². The van der Waals surface area contributed by atoms with E-state index in [1.807, 2.05) is 0 Å². The molecule has 2 rings (SSSR count). The zero-order valence-corrected chi connectivity index (χ0v) is 8.18. The minimum absolute atomic E-state index is 0.0825. The maximum atomic E-state index is 9.59. The molecule has 4 heteroatoms. The molecule has 81 valence electrons. The topological polar surface area (TPSA) is 80.9 Å². The molecule has 0 unspecified atom stereocenters. The number of hydrogen-bond donors (Lipinski definition) is 4. The molecule has 4 N–H and O–H groups in total. The first kappa shape index (κ1) is 10.2. The molecule has 0 bridgehead atoms. The fourth-order valence-corrected chi connectivity index (χ4v) is 1.42. The Bertz CT molecular complexity index is 535. The van der Waals surface area contributed by atoms with Crippen molar-refractivity contribution in [2.45, 2.75) is 0 Å². The highest BCUT2D eigenvalue weighted by atomic mass is 16.3. The smallest absolute Gasteiger partial charge is 0.166 e. The molecule has 16 heavy (non-hydrogen) atoms. The normalized spacial score (nSPS) is 10.2. The third kappa shape index (κ3) is 1.61. The maximum absolute atomic E-state index is 9.59. The van der Waals surface area contributed by atoms with Crippen LogP contribution in [0.2, 0.25) is 0 Å². The molecule has 1 radical (unpaired) electrons. The molecule has 0 amide bonds. The minimum atomic E-state index is -0.358. The van der Waals surface area contributed by atoms with E-state index >= 15 is 0 Å². The number of benzene rings is 2. The van der Waals surface area contributed by atoms with Gasteiger partial charge >= 0.3 is 0 Å². The lowest BCUT2D eigenvalue weighted by atomic mass is 10.0. The van der Waals surface area contributed by atoms with Gasteiger partial charge in [0.2, 0.25) is 0 Å². The zero-order valence-electron chi connectivity index (χ0n) is 8.18. The van der Waals surface area contributed by atoms with Crippen molar-refractivity contribution in [3.63, 3.8) is 0 Å². The molecule has 0 atom stereocenters. The van der Waals surface area contributed by atoms with Gasteiger partial charge in [0, 0.05) is 17.2 Å². The standard InChI is InChI=1S/C12H9O4/c13-7-4-5-8(11(15)6-7)9-2-1-3-10(14)12(9)16/h1,3-6,13-16H. The van der Waals surface area contributed by atoms with Crippen LogP contribution in [0.1, 0.15) is 0 Å². The van der Waals surface area contributed by atoms with Gasteiger partial charge < -0.3 is 20.4 Å². The minimum Gasteiger partial charge on any atom is -0.508 e. The predicted molar refractivity (Wildman–Crippen MR) is 57.4 cm³/mol. The van der Waals surface area contributed by atoms with Crippen LogP contribution >= 0.6 is 0 Å². The predicted octanol–water partition coefficient (Wildman–Crippen LogP) is 1.98. The number of aromatic hydroxyl groups is 4. The van der Waals surface area contributed by atoms with Crippen molar-refractivity contribution in [1.29, 1.82) is 0 Å². The summed E-state index contributed by atoms with van der Waals surface area (Å²) < 4.78 is 0. The molecule has 0 heterocycles.